The lowest BCUT2D eigenvalue weighted by atomic mass is 9.95. The van der Waals surface area contributed by atoms with Crippen LogP contribution in [0.2, 0.25) is 0 Å². The van der Waals surface area contributed by atoms with Crippen molar-refractivity contribution in [2.45, 2.75) is 24.6 Å². The molecule has 1 aliphatic carbocycles. The SMILES string of the molecule is Oc1[nH]c(O)c2c1CCC(Cl)C2. The van der Waals surface area contributed by atoms with Gasteiger partial charge in [0.15, 0.2) is 11.8 Å². The Morgan fingerprint density at radius 3 is 2.67 bits per heavy atom. The summed E-state index contributed by atoms with van der Waals surface area (Å²) in [5.41, 5.74) is 1.60. The van der Waals surface area contributed by atoms with E-state index in [1.165, 1.54) is 0 Å². The number of aromatic hydroxyl groups is 2. The van der Waals surface area contributed by atoms with E-state index in [9.17, 15) is 10.2 Å². The Balaban J connectivity index is 2.45. The summed E-state index contributed by atoms with van der Waals surface area (Å²) in [5.74, 6) is 0.152. The fourth-order valence-corrected chi connectivity index (χ4v) is 1.93. The molecule has 1 unspecified atom stereocenters. The highest BCUT2D eigenvalue weighted by molar-refractivity contribution is 6.20. The zero-order valence-corrected chi connectivity index (χ0v) is 7.23. The van der Waals surface area contributed by atoms with Gasteiger partial charge in [0.25, 0.3) is 0 Å². The molecular formula is C8H10ClNO2. The van der Waals surface area contributed by atoms with Gasteiger partial charge in [-0.25, -0.2) is 0 Å². The molecular weight excluding hydrogens is 178 g/mol. The maximum absolute atomic E-state index is 9.32. The molecule has 1 aliphatic rings. The number of hydrogen-bond acceptors (Lipinski definition) is 2. The van der Waals surface area contributed by atoms with Crippen molar-refractivity contribution in [1.82, 2.24) is 4.98 Å². The maximum Gasteiger partial charge on any atom is 0.194 e. The van der Waals surface area contributed by atoms with Crippen LogP contribution in [0.3, 0.4) is 0 Å². The summed E-state index contributed by atoms with van der Waals surface area (Å²) in [4.78, 5) is 2.49. The standard InChI is InChI=1S/C8H10ClNO2/c9-4-1-2-5-6(3-4)8(12)10-7(5)11/h4,10-12H,1-3H2. The summed E-state index contributed by atoms with van der Waals surface area (Å²) in [6.07, 6.45) is 2.24. The molecule has 0 aromatic carbocycles. The number of halogens is 1. The number of rotatable bonds is 0. The zero-order chi connectivity index (χ0) is 8.72. The van der Waals surface area contributed by atoms with Crippen LogP contribution < -0.4 is 0 Å². The lowest BCUT2D eigenvalue weighted by Gasteiger charge is -2.15. The maximum atomic E-state index is 9.32. The van der Waals surface area contributed by atoms with Crippen LogP contribution in [0, 0.1) is 0 Å². The molecule has 1 heterocycles. The molecule has 12 heavy (non-hydrogen) atoms. The van der Waals surface area contributed by atoms with Crippen LogP contribution in [0.4, 0.5) is 0 Å². The first-order valence-corrected chi connectivity index (χ1v) is 4.38. The highest BCUT2D eigenvalue weighted by Crippen LogP contribution is 2.36. The Morgan fingerprint density at radius 1 is 1.25 bits per heavy atom. The van der Waals surface area contributed by atoms with Crippen LogP contribution in [0.1, 0.15) is 17.5 Å². The van der Waals surface area contributed by atoms with E-state index in [0.29, 0.717) is 6.42 Å². The second-order valence-electron chi connectivity index (χ2n) is 3.12. The number of nitrogens with one attached hydrogen (secondary N) is 1. The molecule has 1 aromatic rings. The number of H-pyrrole nitrogens is 1. The van der Waals surface area contributed by atoms with Crippen LogP contribution in [0.25, 0.3) is 0 Å². The Labute approximate surface area is 75.0 Å². The van der Waals surface area contributed by atoms with Gasteiger partial charge < -0.3 is 10.2 Å². The van der Waals surface area contributed by atoms with Gasteiger partial charge in [-0.3, -0.25) is 4.98 Å². The predicted octanol–water partition coefficient (Wildman–Crippen LogP) is 1.52. The monoisotopic (exact) mass is 187 g/mol. The van der Waals surface area contributed by atoms with Crippen LogP contribution in [0.5, 0.6) is 11.8 Å². The third-order valence-corrected chi connectivity index (χ3v) is 2.68. The van der Waals surface area contributed by atoms with Crippen molar-refractivity contribution in [3.63, 3.8) is 0 Å². The highest BCUT2D eigenvalue weighted by Gasteiger charge is 2.24. The third kappa shape index (κ3) is 1.05. The Morgan fingerprint density at radius 2 is 1.92 bits per heavy atom. The van der Waals surface area contributed by atoms with E-state index in [-0.39, 0.29) is 17.1 Å². The van der Waals surface area contributed by atoms with E-state index in [4.69, 9.17) is 11.6 Å². The van der Waals surface area contributed by atoms with Gasteiger partial charge in [-0.15, -0.1) is 11.6 Å². The summed E-state index contributed by atoms with van der Waals surface area (Å²) in [7, 11) is 0. The van der Waals surface area contributed by atoms with Crippen LogP contribution in [-0.2, 0) is 12.8 Å². The van der Waals surface area contributed by atoms with Crippen molar-refractivity contribution in [1.29, 1.82) is 0 Å². The molecule has 0 bridgehead atoms. The molecule has 2 rings (SSSR count). The van der Waals surface area contributed by atoms with E-state index in [2.05, 4.69) is 4.98 Å². The molecule has 4 heteroatoms. The minimum Gasteiger partial charge on any atom is -0.494 e. The van der Waals surface area contributed by atoms with Crippen molar-refractivity contribution in [2.75, 3.05) is 0 Å². The molecule has 1 atom stereocenters. The molecule has 0 saturated carbocycles. The van der Waals surface area contributed by atoms with Gasteiger partial charge in [0, 0.05) is 16.5 Å². The Kier molecular flexibility index (Phi) is 1.68. The summed E-state index contributed by atoms with van der Waals surface area (Å²) < 4.78 is 0. The molecule has 0 amide bonds. The van der Waals surface area contributed by atoms with Crippen LogP contribution in [-0.4, -0.2) is 20.6 Å². The summed E-state index contributed by atoms with van der Waals surface area (Å²) in [5, 5.41) is 18.7. The molecule has 66 valence electrons. The quantitative estimate of drug-likeness (QED) is 0.540. The van der Waals surface area contributed by atoms with Crippen LogP contribution >= 0.6 is 11.6 Å². The zero-order valence-electron chi connectivity index (χ0n) is 6.47. The molecule has 0 saturated heterocycles. The first-order valence-electron chi connectivity index (χ1n) is 3.94. The summed E-state index contributed by atoms with van der Waals surface area (Å²) in [6, 6.07) is 0. The predicted molar refractivity (Wildman–Crippen MR) is 45.8 cm³/mol. The number of aromatic nitrogens is 1. The molecule has 0 aliphatic heterocycles. The minimum atomic E-state index is 0.0628. The summed E-state index contributed by atoms with van der Waals surface area (Å²) >= 11 is 5.92. The van der Waals surface area contributed by atoms with E-state index in [1.54, 1.807) is 0 Å². The highest BCUT2D eigenvalue weighted by atomic mass is 35.5. The number of aromatic amines is 1. The molecule has 0 radical (unpaired) electrons. The molecule has 3 nitrogen and oxygen atoms in total. The lowest BCUT2D eigenvalue weighted by Crippen LogP contribution is -2.11. The van der Waals surface area contributed by atoms with E-state index in [1.807, 2.05) is 0 Å². The second kappa shape index (κ2) is 2.59. The van der Waals surface area contributed by atoms with E-state index >= 15 is 0 Å². The first-order chi connectivity index (χ1) is 5.68. The largest absolute Gasteiger partial charge is 0.494 e. The van der Waals surface area contributed by atoms with Crippen molar-refractivity contribution < 1.29 is 10.2 Å². The van der Waals surface area contributed by atoms with Crippen molar-refractivity contribution in [3.8, 4) is 11.8 Å². The first kappa shape index (κ1) is 7.80. The smallest absolute Gasteiger partial charge is 0.194 e. The van der Waals surface area contributed by atoms with E-state index < -0.39 is 0 Å². The topological polar surface area (TPSA) is 56.2 Å². The lowest BCUT2D eigenvalue weighted by molar-refractivity contribution is 0.422. The van der Waals surface area contributed by atoms with Gasteiger partial charge in [-0.2, -0.15) is 0 Å². The fraction of sp³-hybridized carbons (Fsp3) is 0.500. The molecule has 0 fully saturated rings. The Hall–Kier alpha value is -0.830. The fourth-order valence-electron chi connectivity index (χ4n) is 1.66. The average Bonchev–Trinajstić information content (AvgIpc) is 2.28. The van der Waals surface area contributed by atoms with Crippen molar-refractivity contribution in [2.24, 2.45) is 0 Å². The van der Waals surface area contributed by atoms with Gasteiger partial charge in [-0.1, -0.05) is 0 Å². The summed E-state index contributed by atoms with van der Waals surface area (Å²) in [6.45, 7) is 0. The van der Waals surface area contributed by atoms with Gasteiger partial charge >= 0.3 is 0 Å². The van der Waals surface area contributed by atoms with Gasteiger partial charge in [0.05, 0.1) is 0 Å². The second-order valence-corrected chi connectivity index (χ2v) is 3.74. The number of fused-ring (bicyclic) bond motifs is 1. The van der Waals surface area contributed by atoms with Crippen molar-refractivity contribution >= 4 is 11.6 Å². The molecule has 1 aromatic heterocycles. The normalized spacial score (nSPS) is 22.2. The number of alkyl halides is 1. The van der Waals surface area contributed by atoms with E-state index in [0.717, 1.165) is 24.0 Å². The minimum absolute atomic E-state index is 0.0628. The molecule has 0 spiro atoms. The van der Waals surface area contributed by atoms with Gasteiger partial charge in [0.2, 0.25) is 0 Å². The van der Waals surface area contributed by atoms with Crippen molar-refractivity contribution in [3.05, 3.63) is 11.1 Å². The van der Waals surface area contributed by atoms with Gasteiger partial charge in [-0.05, 0) is 19.3 Å². The number of hydrogen-bond donors (Lipinski definition) is 3. The van der Waals surface area contributed by atoms with Gasteiger partial charge in [0.1, 0.15) is 0 Å². The van der Waals surface area contributed by atoms with Crippen LogP contribution in [0.15, 0.2) is 0 Å². The average molecular weight is 188 g/mol. The molecule has 3 N–H and O–H groups in total. The Bertz CT molecular complexity index is 308. The third-order valence-electron chi connectivity index (χ3n) is 2.31.